The summed E-state index contributed by atoms with van der Waals surface area (Å²) in [7, 11) is 0. The quantitative estimate of drug-likeness (QED) is 0.723. The molecule has 0 fully saturated rings. The third-order valence-electron chi connectivity index (χ3n) is 4.06. The second-order valence-corrected chi connectivity index (χ2v) is 5.42. The maximum atomic E-state index is 14.0. The zero-order valence-corrected chi connectivity index (χ0v) is 13.9. The number of likely N-dealkylation sites (N-methyl/N-ethyl adjacent to an activating group) is 1. The molecule has 0 aliphatic rings. The number of nitrogens with one attached hydrogen (secondary N) is 1. The number of rotatable bonds is 7. The monoisotopic (exact) mass is 328 g/mol. The molecule has 0 radical (unpaired) electrons. The van der Waals surface area contributed by atoms with Gasteiger partial charge in [0.25, 0.3) is 0 Å². The van der Waals surface area contributed by atoms with Crippen LogP contribution in [-0.4, -0.2) is 50.8 Å². The largest absolute Gasteiger partial charge is 0.368 e. The molecule has 0 saturated heterocycles. The summed E-state index contributed by atoms with van der Waals surface area (Å²) in [6.07, 6.45) is 3.14. The van der Waals surface area contributed by atoms with Crippen LogP contribution in [0.5, 0.6) is 0 Å². The number of nitrogens with zero attached hydrogens (tertiary/aromatic N) is 5. The summed E-state index contributed by atoms with van der Waals surface area (Å²) < 4.78 is 15.5. The van der Waals surface area contributed by atoms with E-state index in [1.165, 1.54) is 17.1 Å². The van der Waals surface area contributed by atoms with Crippen LogP contribution in [0, 0.1) is 5.82 Å². The molecule has 126 valence electrons. The number of para-hydroxylation sites is 1. The predicted molar refractivity (Wildman–Crippen MR) is 92.9 cm³/mol. The van der Waals surface area contributed by atoms with Gasteiger partial charge in [-0.05, 0) is 25.2 Å². The SMILES string of the molecule is CCN(CC)CCNc1ncnc2c1cnn2-c1ccccc1F. The van der Waals surface area contributed by atoms with Gasteiger partial charge in [-0.2, -0.15) is 5.10 Å². The minimum Gasteiger partial charge on any atom is -0.368 e. The van der Waals surface area contributed by atoms with Gasteiger partial charge in [0.1, 0.15) is 23.6 Å². The van der Waals surface area contributed by atoms with Crippen molar-refractivity contribution in [3.63, 3.8) is 0 Å². The summed E-state index contributed by atoms with van der Waals surface area (Å²) in [5.41, 5.74) is 0.959. The molecule has 1 aromatic carbocycles. The average molecular weight is 328 g/mol. The maximum absolute atomic E-state index is 14.0. The zero-order chi connectivity index (χ0) is 16.9. The molecule has 1 N–H and O–H groups in total. The molecule has 0 bridgehead atoms. The first-order chi connectivity index (χ1) is 11.7. The minimum atomic E-state index is -0.336. The van der Waals surface area contributed by atoms with Crippen molar-refractivity contribution in [2.45, 2.75) is 13.8 Å². The topological polar surface area (TPSA) is 58.9 Å². The highest BCUT2D eigenvalue weighted by Crippen LogP contribution is 2.22. The van der Waals surface area contributed by atoms with Gasteiger partial charge in [-0.25, -0.2) is 19.0 Å². The molecular formula is C17H21FN6. The summed E-state index contributed by atoms with van der Waals surface area (Å²) in [6, 6.07) is 6.51. The number of hydrogen-bond donors (Lipinski definition) is 1. The van der Waals surface area contributed by atoms with Crippen LogP contribution in [0.3, 0.4) is 0 Å². The van der Waals surface area contributed by atoms with E-state index in [1.54, 1.807) is 24.4 Å². The van der Waals surface area contributed by atoms with E-state index in [1.807, 2.05) is 0 Å². The van der Waals surface area contributed by atoms with Crippen LogP contribution in [0.15, 0.2) is 36.8 Å². The lowest BCUT2D eigenvalue weighted by atomic mass is 10.3. The first-order valence-corrected chi connectivity index (χ1v) is 8.14. The van der Waals surface area contributed by atoms with Crippen LogP contribution in [0.4, 0.5) is 10.2 Å². The van der Waals surface area contributed by atoms with Crippen molar-refractivity contribution in [2.75, 3.05) is 31.5 Å². The molecule has 0 aliphatic carbocycles. The number of halogens is 1. The van der Waals surface area contributed by atoms with Crippen molar-refractivity contribution in [1.29, 1.82) is 0 Å². The van der Waals surface area contributed by atoms with Crippen LogP contribution in [0.25, 0.3) is 16.7 Å². The van der Waals surface area contributed by atoms with Gasteiger partial charge in [-0.15, -0.1) is 0 Å². The van der Waals surface area contributed by atoms with Crippen LogP contribution >= 0.6 is 0 Å². The summed E-state index contributed by atoms with van der Waals surface area (Å²) in [6.45, 7) is 8.03. The van der Waals surface area contributed by atoms with E-state index in [-0.39, 0.29) is 5.82 Å². The molecule has 6 nitrogen and oxygen atoms in total. The first kappa shape index (κ1) is 16.3. The Morgan fingerprint density at radius 3 is 2.71 bits per heavy atom. The highest BCUT2D eigenvalue weighted by Gasteiger charge is 2.13. The van der Waals surface area contributed by atoms with Gasteiger partial charge in [0.15, 0.2) is 5.65 Å². The van der Waals surface area contributed by atoms with Crippen LogP contribution in [-0.2, 0) is 0 Å². The number of anilines is 1. The summed E-state index contributed by atoms with van der Waals surface area (Å²) in [5.74, 6) is 0.381. The molecule has 3 rings (SSSR count). The number of benzene rings is 1. The van der Waals surface area contributed by atoms with Gasteiger partial charge in [-0.1, -0.05) is 26.0 Å². The number of fused-ring (bicyclic) bond motifs is 1. The summed E-state index contributed by atoms with van der Waals surface area (Å²) in [5, 5.41) is 8.39. The van der Waals surface area contributed by atoms with E-state index >= 15 is 0 Å². The normalized spacial score (nSPS) is 11.3. The average Bonchev–Trinajstić information content (AvgIpc) is 3.04. The van der Waals surface area contributed by atoms with Crippen LogP contribution < -0.4 is 5.32 Å². The maximum Gasteiger partial charge on any atom is 0.168 e. The molecule has 7 heteroatoms. The molecule has 0 spiro atoms. The highest BCUT2D eigenvalue weighted by atomic mass is 19.1. The minimum absolute atomic E-state index is 0.336. The Morgan fingerprint density at radius 1 is 1.17 bits per heavy atom. The lowest BCUT2D eigenvalue weighted by Gasteiger charge is -2.18. The second kappa shape index (κ2) is 7.35. The van der Waals surface area contributed by atoms with E-state index in [4.69, 9.17) is 0 Å². The lowest BCUT2D eigenvalue weighted by molar-refractivity contribution is 0.316. The van der Waals surface area contributed by atoms with Crippen molar-refractivity contribution < 1.29 is 4.39 Å². The fourth-order valence-electron chi connectivity index (χ4n) is 2.66. The fraction of sp³-hybridized carbons (Fsp3) is 0.353. The molecule has 0 aliphatic heterocycles. The number of hydrogen-bond acceptors (Lipinski definition) is 5. The van der Waals surface area contributed by atoms with Gasteiger partial charge in [0.05, 0.1) is 11.6 Å². The van der Waals surface area contributed by atoms with Gasteiger partial charge < -0.3 is 10.2 Å². The van der Waals surface area contributed by atoms with Gasteiger partial charge in [0.2, 0.25) is 0 Å². The Labute approximate surface area is 140 Å². The lowest BCUT2D eigenvalue weighted by Crippen LogP contribution is -2.28. The standard InChI is InChI=1S/C17H21FN6/c1-3-23(4-2)10-9-19-16-13-11-22-24(17(13)21-12-20-16)15-8-6-5-7-14(15)18/h5-8,11-12H,3-4,9-10H2,1-2H3,(H,19,20,21). The molecule has 0 atom stereocenters. The van der Waals surface area contributed by atoms with Crippen LogP contribution in [0.2, 0.25) is 0 Å². The van der Waals surface area contributed by atoms with E-state index in [9.17, 15) is 4.39 Å². The van der Waals surface area contributed by atoms with Gasteiger partial charge in [-0.3, -0.25) is 0 Å². The smallest absolute Gasteiger partial charge is 0.168 e. The molecule has 0 unspecified atom stereocenters. The molecule has 24 heavy (non-hydrogen) atoms. The Hall–Kier alpha value is -2.54. The van der Waals surface area contributed by atoms with E-state index in [0.717, 1.165) is 37.4 Å². The van der Waals surface area contributed by atoms with Crippen molar-refractivity contribution in [1.82, 2.24) is 24.6 Å². The second-order valence-electron chi connectivity index (χ2n) is 5.42. The summed E-state index contributed by atoms with van der Waals surface area (Å²) >= 11 is 0. The molecule has 3 aromatic rings. The molecule has 2 aromatic heterocycles. The zero-order valence-electron chi connectivity index (χ0n) is 13.9. The Balaban J connectivity index is 1.86. The first-order valence-electron chi connectivity index (χ1n) is 8.14. The molecule has 0 amide bonds. The van der Waals surface area contributed by atoms with E-state index in [0.29, 0.717) is 11.3 Å². The Bertz CT molecular complexity index is 812. The third kappa shape index (κ3) is 3.21. The number of aromatic nitrogens is 4. The molecule has 0 saturated carbocycles. The van der Waals surface area contributed by atoms with E-state index in [2.05, 4.69) is 39.1 Å². The Kier molecular flexibility index (Phi) is 5.00. The van der Waals surface area contributed by atoms with Crippen molar-refractivity contribution in [3.8, 4) is 5.69 Å². The van der Waals surface area contributed by atoms with Crippen molar-refractivity contribution in [3.05, 3.63) is 42.6 Å². The predicted octanol–water partition coefficient (Wildman–Crippen LogP) is 2.71. The van der Waals surface area contributed by atoms with Crippen molar-refractivity contribution >= 4 is 16.9 Å². The third-order valence-corrected chi connectivity index (χ3v) is 4.06. The molecule has 2 heterocycles. The summed E-state index contributed by atoms with van der Waals surface area (Å²) in [4.78, 5) is 10.9. The van der Waals surface area contributed by atoms with Crippen molar-refractivity contribution in [2.24, 2.45) is 0 Å². The fourth-order valence-corrected chi connectivity index (χ4v) is 2.66. The van der Waals surface area contributed by atoms with Gasteiger partial charge in [0, 0.05) is 13.1 Å². The van der Waals surface area contributed by atoms with E-state index < -0.39 is 0 Å². The Morgan fingerprint density at radius 2 is 1.96 bits per heavy atom. The highest BCUT2D eigenvalue weighted by molar-refractivity contribution is 5.87. The van der Waals surface area contributed by atoms with Gasteiger partial charge >= 0.3 is 0 Å². The molecular weight excluding hydrogens is 307 g/mol. The van der Waals surface area contributed by atoms with Crippen LogP contribution in [0.1, 0.15) is 13.8 Å².